The number of aryl methyl sites for hydroxylation is 1. The van der Waals surface area contributed by atoms with E-state index in [1.807, 2.05) is 0 Å². The molecule has 0 bridgehead atoms. The fourth-order valence-electron chi connectivity index (χ4n) is 3.24. The first-order valence-corrected chi connectivity index (χ1v) is 10.2. The first-order chi connectivity index (χ1) is 13.4. The minimum absolute atomic E-state index is 0.0440. The van der Waals surface area contributed by atoms with Gasteiger partial charge in [0, 0.05) is 19.8 Å². The summed E-state index contributed by atoms with van der Waals surface area (Å²) in [4.78, 5) is 12.4. The molecule has 8 nitrogen and oxygen atoms in total. The smallest absolute Gasteiger partial charge is 0.262 e. The molecular formula is C18H19FN6O2S. The van der Waals surface area contributed by atoms with Crippen molar-refractivity contribution < 1.29 is 12.8 Å². The molecule has 1 aliphatic heterocycles. The van der Waals surface area contributed by atoms with E-state index in [0.29, 0.717) is 30.2 Å². The molecule has 0 aliphatic carbocycles. The van der Waals surface area contributed by atoms with Gasteiger partial charge in [-0.15, -0.1) is 0 Å². The Morgan fingerprint density at radius 2 is 2.00 bits per heavy atom. The molecule has 1 fully saturated rings. The third kappa shape index (κ3) is 3.60. The fraction of sp³-hybridized carbons (Fsp3) is 0.278. The molecule has 1 N–H and O–H groups in total. The molecule has 4 heterocycles. The number of pyridine rings is 2. The van der Waals surface area contributed by atoms with E-state index in [2.05, 4.69) is 20.3 Å². The van der Waals surface area contributed by atoms with E-state index in [-0.39, 0.29) is 11.1 Å². The first kappa shape index (κ1) is 18.5. The molecule has 3 aromatic rings. The van der Waals surface area contributed by atoms with Crippen molar-refractivity contribution in [3.63, 3.8) is 0 Å². The largest absolute Gasteiger partial charge is 0.339 e. The summed E-state index contributed by atoms with van der Waals surface area (Å²) in [6, 6.07) is 6.11. The molecule has 0 radical (unpaired) electrons. The van der Waals surface area contributed by atoms with Gasteiger partial charge in [-0.25, -0.2) is 22.8 Å². The van der Waals surface area contributed by atoms with E-state index in [0.717, 1.165) is 12.6 Å². The van der Waals surface area contributed by atoms with Gasteiger partial charge in [0.05, 0.1) is 36.1 Å². The van der Waals surface area contributed by atoms with Crippen LogP contribution in [0.25, 0.3) is 0 Å². The second-order valence-corrected chi connectivity index (χ2v) is 8.45. The Morgan fingerprint density at radius 3 is 2.64 bits per heavy atom. The average molecular weight is 402 g/mol. The van der Waals surface area contributed by atoms with Crippen molar-refractivity contribution in [1.29, 1.82) is 0 Å². The maximum absolute atomic E-state index is 12.9. The van der Waals surface area contributed by atoms with Crippen molar-refractivity contribution in [3.8, 4) is 0 Å². The number of halogens is 1. The molecule has 0 aromatic carbocycles. The van der Waals surface area contributed by atoms with E-state index >= 15 is 0 Å². The van der Waals surface area contributed by atoms with Gasteiger partial charge >= 0.3 is 0 Å². The number of nitrogens with one attached hydrogen (secondary N) is 1. The quantitative estimate of drug-likeness (QED) is 0.705. The number of imidazole rings is 1. The fourth-order valence-corrected chi connectivity index (χ4v) is 4.88. The molecule has 1 unspecified atom stereocenters. The van der Waals surface area contributed by atoms with Crippen LogP contribution in [0.4, 0.5) is 15.9 Å². The van der Waals surface area contributed by atoms with E-state index in [1.54, 1.807) is 29.9 Å². The number of anilines is 2. The molecule has 1 atom stereocenters. The molecule has 3 aromatic heterocycles. The van der Waals surface area contributed by atoms with Crippen LogP contribution in [-0.4, -0.2) is 38.8 Å². The van der Waals surface area contributed by atoms with Gasteiger partial charge < -0.3 is 9.88 Å². The molecule has 4 rings (SSSR count). The minimum Gasteiger partial charge on any atom is -0.339 e. The summed E-state index contributed by atoms with van der Waals surface area (Å²) >= 11 is 0. The maximum Gasteiger partial charge on any atom is 0.262 e. The molecule has 0 saturated carbocycles. The number of rotatable bonds is 5. The van der Waals surface area contributed by atoms with Crippen molar-refractivity contribution >= 4 is 21.5 Å². The van der Waals surface area contributed by atoms with Crippen molar-refractivity contribution in [2.45, 2.75) is 23.9 Å². The Balaban J connectivity index is 1.54. The van der Waals surface area contributed by atoms with Crippen LogP contribution >= 0.6 is 0 Å². The summed E-state index contributed by atoms with van der Waals surface area (Å²) in [5.74, 6) is 0.0886. The predicted octanol–water partition coefficient (Wildman–Crippen LogP) is 2.62. The van der Waals surface area contributed by atoms with Gasteiger partial charge in [-0.05, 0) is 37.1 Å². The molecule has 10 heteroatoms. The van der Waals surface area contributed by atoms with Crippen LogP contribution in [0.2, 0.25) is 0 Å². The number of aromatic nitrogens is 4. The molecular weight excluding hydrogens is 383 g/mol. The number of nitrogens with zero attached hydrogens (tertiary/aromatic N) is 5. The molecule has 146 valence electrons. The van der Waals surface area contributed by atoms with Gasteiger partial charge in [0.25, 0.3) is 10.0 Å². The minimum atomic E-state index is -3.68. The highest BCUT2D eigenvalue weighted by molar-refractivity contribution is 7.89. The lowest BCUT2D eigenvalue weighted by Crippen LogP contribution is -2.31. The highest BCUT2D eigenvalue weighted by atomic mass is 32.2. The van der Waals surface area contributed by atoms with E-state index in [4.69, 9.17) is 0 Å². The van der Waals surface area contributed by atoms with Crippen molar-refractivity contribution in [1.82, 2.24) is 23.8 Å². The standard InChI is InChI=1S/C18H19FN6O2S/c1-24-11-18(22-12-24)28(26,27)25-8-2-3-16(25)15-6-5-14(10-20-15)23-17-7-4-13(19)9-21-17/h4-7,9-12,16H,2-3,8H2,1H3,(H,21,23). The van der Waals surface area contributed by atoms with Gasteiger partial charge in [0.1, 0.15) is 11.6 Å². The summed E-state index contributed by atoms with van der Waals surface area (Å²) in [5, 5.41) is 3.08. The molecule has 0 amide bonds. The molecule has 0 spiro atoms. The zero-order valence-electron chi connectivity index (χ0n) is 15.2. The SMILES string of the molecule is Cn1cnc(S(=O)(=O)N2CCCC2c2ccc(Nc3ccc(F)cn3)cn2)c1. The van der Waals surface area contributed by atoms with E-state index in [9.17, 15) is 12.8 Å². The summed E-state index contributed by atoms with van der Waals surface area (Å²) in [7, 11) is -1.94. The topological polar surface area (TPSA) is 93.0 Å². The molecule has 1 aliphatic rings. The zero-order chi connectivity index (χ0) is 19.7. The van der Waals surface area contributed by atoms with Crippen LogP contribution in [0.5, 0.6) is 0 Å². The lowest BCUT2D eigenvalue weighted by atomic mass is 10.1. The average Bonchev–Trinajstić information content (AvgIpc) is 3.34. The van der Waals surface area contributed by atoms with Crippen molar-refractivity contribution in [3.05, 3.63) is 60.7 Å². The lowest BCUT2D eigenvalue weighted by molar-refractivity contribution is 0.389. The Hall–Kier alpha value is -2.85. The normalized spacial score (nSPS) is 17.7. The van der Waals surface area contributed by atoms with Crippen LogP contribution in [0.1, 0.15) is 24.6 Å². The van der Waals surface area contributed by atoms with Gasteiger partial charge in [0.2, 0.25) is 0 Å². The van der Waals surface area contributed by atoms with Crippen molar-refractivity contribution in [2.75, 3.05) is 11.9 Å². The lowest BCUT2D eigenvalue weighted by Gasteiger charge is -2.22. The molecule has 1 saturated heterocycles. The second kappa shape index (κ2) is 7.28. The Kier molecular flexibility index (Phi) is 4.82. The summed E-state index contributed by atoms with van der Waals surface area (Å²) < 4.78 is 41.9. The third-order valence-electron chi connectivity index (χ3n) is 4.59. The van der Waals surface area contributed by atoms with Crippen LogP contribution in [0.3, 0.4) is 0 Å². The van der Waals surface area contributed by atoms with Crippen LogP contribution < -0.4 is 5.32 Å². The molecule has 28 heavy (non-hydrogen) atoms. The first-order valence-electron chi connectivity index (χ1n) is 8.78. The second-order valence-electron chi connectivity index (χ2n) is 6.61. The number of hydrogen-bond acceptors (Lipinski definition) is 6. The number of sulfonamides is 1. The highest BCUT2D eigenvalue weighted by Crippen LogP contribution is 2.35. The van der Waals surface area contributed by atoms with E-state index < -0.39 is 15.8 Å². The van der Waals surface area contributed by atoms with Crippen LogP contribution in [0, 0.1) is 5.82 Å². The Morgan fingerprint density at radius 1 is 1.14 bits per heavy atom. The zero-order valence-corrected chi connectivity index (χ0v) is 16.0. The Labute approximate surface area is 162 Å². The monoisotopic (exact) mass is 402 g/mol. The van der Waals surface area contributed by atoms with E-state index in [1.165, 1.54) is 29.0 Å². The highest BCUT2D eigenvalue weighted by Gasteiger charge is 2.38. The van der Waals surface area contributed by atoms with Gasteiger partial charge in [-0.2, -0.15) is 4.31 Å². The number of hydrogen-bond donors (Lipinski definition) is 1. The maximum atomic E-state index is 12.9. The van der Waals surface area contributed by atoms with Gasteiger partial charge in [-0.3, -0.25) is 4.98 Å². The summed E-state index contributed by atoms with van der Waals surface area (Å²) in [6.07, 6.45) is 7.18. The van der Waals surface area contributed by atoms with Gasteiger partial charge in [-0.1, -0.05) is 0 Å². The van der Waals surface area contributed by atoms with Crippen LogP contribution in [-0.2, 0) is 17.1 Å². The van der Waals surface area contributed by atoms with Crippen LogP contribution in [0.15, 0.2) is 54.2 Å². The predicted molar refractivity (Wildman–Crippen MR) is 101 cm³/mol. The third-order valence-corrected chi connectivity index (χ3v) is 6.38. The Bertz CT molecular complexity index is 1070. The van der Waals surface area contributed by atoms with Gasteiger partial charge in [0.15, 0.2) is 5.03 Å². The summed E-state index contributed by atoms with van der Waals surface area (Å²) in [6.45, 7) is 0.435. The van der Waals surface area contributed by atoms with Crippen molar-refractivity contribution in [2.24, 2.45) is 7.05 Å². The summed E-state index contributed by atoms with van der Waals surface area (Å²) in [5.41, 5.74) is 1.36.